The van der Waals surface area contributed by atoms with Crippen molar-refractivity contribution in [2.75, 3.05) is 4.90 Å². The second-order valence-corrected chi connectivity index (χ2v) is 14.3. The van der Waals surface area contributed by atoms with Crippen molar-refractivity contribution in [2.45, 2.75) is 29.7 Å². The number of nitrogens with zero attached hydrogens (tertiary/aromatic N) is 3. The summed E-state index contributed by atoms with van der Waals surface area (Å²) >= 11 is 18.4. The molecule has 0 spiro atoms. The van der Waals surface area contributed by atoms with Crippen LogP contribution in [0.3, 0.4) is 0 Å². The maximum atomic E-state index is 13.6. The number of aryl methyl sites for hydroxylation is 1. The molecule has 1 amide bonds. The molecular formula is C34H24BrCl2N3O4S2. The third-order valence-electron chi connectivity index (χ3n) is 7.19. The van der Waals surface area contributed by atoms with E-state index in [-0.39, 0.29) is 16.5 Å². The van der Waals surface area contributed by atoms with Crippen LogP contribution in [0.15, 0.2) is 105 Å². The molecule has 1 aliphatic rings. The Morgan fingerprint density at radius 3 is 2.52 bits per heavy atom. The molecule has 1 unspecified atom stereocenters. The number of hydrogen-bond donors (Lipinski definition) is 1. The monoisotopic (exact) mass is 751 g/mol. The van der Waals surface area contributed by atoms with Gasteiger partial charge in [-0.15, -0.1) is 10.2 Å². The van der Waals surface area contributed by atoms with Crippen LogP contribution in [0.2, 0.25) is 10.0 Å². The van der Waals surface area contributed by atoms with Gasteiger partial charge in [-0.25, -0.2) is 0 Å². The fourth-order valence-corrected chi connectivity index (χ4v) is 7.83. The van der Waals surface area contributed by atoms with Gasteiger partial charge >= 0.3 is 5.91 Å². The molecule has 1 atom stereocenters. The van der Waals surface area contributed by atoms with Crippen LogP contribution in [0.1, 0.15) is 33.9 Å². The lowest BCUT2D eigenvalue weighted by atomic mass is 9.95. The number of aliphatic hydroxyl groups is 1. The Hall–Kier alpha value is -3.67. The van der Waals surface area contributed by atoms with Crippen LogP contribution in [0.5, 0.6) is 5.75 Å². The zero-order chi connectivity index (χ0) is 32.4. The number of Topliss-reactive ketones (excluding diaryl/α,β-unsaturated/α-hetero) is 1. The fraction of sp³-hybridized carbons (Fsp3) is 0.118. The van der Waals surface area contributed by atoms with Gasteiger partial charge in [-0.3, -0.25) is 14.5 Å². The quantitative estimate of drug-likeness (QED) is 0.0527. The van der Waals surface area contributed by atoms with Crippen molar-refractivity contribution in [1.29, 1.82) is 0 Å². The molecule has 1 fully saturated rings. The number of halogens is 3. The number of hydrogen-bond acceptors (Lipinski definition) is 8. The number of carbonyl (C=O) groups excluding carboxylic acids is 2. The number of ketones is 1. The third-order valence-corrected chi connectivity index (χ3v) is 10.4. The summed E-state index contributed by atoms with van der Waals surface area (Å²) in [4.78, 5) is 28.5. The Balaban J connectivity index is 1.29. The van der Waals surface area contributed by atoms with Crippen molar-refractivity contribution in [3.63, 3.8) is 0 Å². The molecular weight excluding hydrogens is 729 g/mol. The minimum Gasteiger partial charge on any atom is -0.507 e. The van der Waals surface area contributed by atoms with Crippen molar-refractivity contribution in [3.05, 3.63) is 139 Å². The molecule has 12 heteroatoms. The van der Waals surface area contributed by atoms with E-state index in [9.17, 15) is 14.7 Å². The van der Waals surface area contributed by atoms with E-state index in [0.29, 0.717) is 43.6 Å². The zero-order valence-electron chi connectivity index (χ0n) is 24.1. The summed E-state index contributed by atoms with van der Waals surface area (Å²) in [6.45, 7) is 2.41. The number of rotatable bonds is 9. The highest BCUT2D eigenvalue weighted by Gasteiger charge is 2.48. The highest BCUT2D eigenvalue weighted by molar-refractivity contribution is 9.10. The molecule has 6 rings (SSSR count). The smallest absolute Gasteiger partial charge is 0.301 e. The van der Waals surface area contributed by atoms with Crippen molar-refractivity contribution in [1.82, 2.24) is 10.2 Å². The van der Waals surface area contributed by atoms with Crippen LogP contribution >= 0.6 is 62.2 Å². The van der Waals surface area contributed by atoms with Crippen LogP contribution < -0.4 is 9.64 Å². The van der Waals surface area contributed by atoms with Crippen LogP contribution in [0.25, 0.3) is 5.76 Å². The topological polar surface area (TPSA) is 92.6 Å². The first-order valence-corrected chi connectivity index (χ1v) is 17.3. The highest BCUT2D eigenvalue weighted by atomic mass is 79.9. The Morgan fingerprint density at radius 1 is 1.00 bits per heavy atom. The predicted octanol–water partition coefficient (Wildman–Crippen LogP) is 9.41. The van der Waals surface area contributed by atoms with E-state index in [1.807, 2.05) is 37.3 Å². The van der Waals surface area contributed by atoms with Gasteiger partial charge in [0.2, 0.25) is 5.13 Å². The lowest BCUT2D eigenvalue weighted by Crippen LogP contribution is -2.29. The molecule has 5 aromatic rings. The van der Waals surface area contributed by atoms with Crippen molar-refractivity contribution < 1.29 is 19.4 Å². The molecule has 7 nitrogen and oxygen atoms in total. The van der Waals surface area contributed by atoms with E-state index >= 15 is 0 Å². The minimum absolute atomic E-state index is 0.0473. The zero-order valence-corrected chi connectivity index (χ0v) is 28.8. The molecule has 1 N–H and O–H groups in total. The summed E-state index contributed by atoms with van der Waals surface area (Å²) in [5, 5.41) is 21.4. The molecule has 4 aromatic carbocycles. The summed E-state index contributed by atoms with van der Waals surface area (Å²) in [6, 6.07) is 26.4. The van der Waals surface area contributed by atoms with E-state index in [4.69, 9.17) is 27.9 Å². The number of aromatic nitrogens is 2. The van der Waals surface area contributed by atoms with Crippen LogP contribution in [0.4, 0.5) is 5.13 Å². The van der Waals surface area contributed by atoms with E-state index in [2.05, 4.69) is 32.2 Å². The van der Waals surface area contributed by atoms with E-state index < -0.39 is 17.7 Å². The summed E-state index contributed by atoms with van der Waals surface area (Å²) in [7, 11) is 0. The molecule has 0 aliphatic carbocycles. The molecule has 2 heterocycles. The average molecular weight is 754 g/mol. The van der Waals surface area contributed by atoms with Crippen molar-refractivity contribution in [3.8, 4) is 5.75 Å². The summed E-state index contributed by atoms with van der Waals surface area (Å²) in [5.74, 6) is -0.825. The fourth-order valence-electron chi connectivity index (χ4n) is 4.99. The largest absolute Gasteiger partial charge is 0.507 e. The lowest BCUT2D eigenvalue weighted by Gasteiger charge is -2.22. The second kappa shape index (κ2) is 14.0. The summed E-state index contributed by atoms with van der Waals surface area (Å²) in [6.07, 6.45) is 0. The maximum Gasteiger partial charge on any atom is 0.301 e. The second-order valence-electron chi connectivity index (χ2n) is 10.4. The van der Waals surface area contributed by atoms with Crippen molar-refractivity contribution in [2.24, 2.45) is 0 Å². The van der Waals surface area contributed by atoms with Gasteiger partial charge in [-0.1, -0.05) is 110 Å². The predicted molar refractivity (Wildman–Crippen MR) is 187 cm³/mol. The van der Waals surface area contributed by atoms with Crippen LogP contribution in [0, 0.1) is 6.92 Å². The van der Waals surface area contributed by atoms with E-state index in [1.165, 1.54) is 28.0 Å². The number of aliphatic hydroxyl groups excluding tert-OH is 1. The number of benzene rings is 4. The summed E-state index contributed by atoms with van der Waals surface area (Å²) < 4.78 is 7.25. The number of ether oxygens (including phenoxy) is 1. The molecule has 232 valence electrons. The van der Waals surface area contributed by atoms with Gasteiger partial charge in [0.25, 0.3) is 5.78 Å². The van der Waals surface area contributed by atoms with E-state index in [1.54, 1.807) is 54.6 Å². The molecule has 0 radical (unpaired) electrons. The molecule has 1 saturated heterocycles. The lowest BCUT2D eigenvalue weighted by molar-refractivity contribution is -0.132. The first-order chi connectivity index (χ1) is 22.2. The molecule has 46 heavy (non-hydrogen) atoms. The Bertz CT molecular complexity index is 1980. The van der Waals surface area contributed by atoms with E-state index in [0.717, 1.165) is 21.2 Å². The highest BCUT2D eigenvalue weighted by Crippen LogP contribution is 2.44. The molecule has 0 saturated carbocycles. The average Bonchev–Trinajstić information content (AvgIpc) is 3.61. The Kier molecular flexibility index (Phi) is 9.81. The third kappa shape index (κ3) is 7.01. The number of thioether (sulfide) groups is 1. The van der Waals surface area contributed by atoms with Gasteiger partial charge < -0.3 is 9.84 Å². The van der Waals surface area contributed by atoms with Crippen LogP contribution in [-0.2, 0) is 21.9 Å². The normalized spacial score (nSPS) is 15.8. The number of amides is 1. The number of anilines is 1. The molecule has 1 aliphatic heterocycles. The van der Waals surface area contributed by atoms with Gasteiger partial charge in [0.05, 0.1) is 11.6 Å². The van der Waals surface area contributed by atoms with Gasteiger partial charge in [0.1, 0.15) is 18.1 Å². The van der Waals surface area contributed by atoms with Gasteiger partial charge in [-0.2, -0.15) is 0 Å². The standard InChI is InChI=1S/C34H24BrCl2N3O4S2/c1-19-4-2-5-20(14-19)17-44-26-12-9-21(10-13-26)30(41)28-29(22-6-3-7-24(35)15-22)40(32(43)31(28)42)33-38-39-34(46-33)45-18-23-8-11-25(36)16-27(23)37/h2-16,29,41H,17-18H2,1H3. The van der Waals surface area contributed by atoms with Gasteiger partial charge in [-0.05, 0) is 72.1 Å². The maximum absolute atomic E-state index is 13.6. The Labute approximate surface area is 292 Å². The van der Waals surface area contributed by atoms with Crippen molar-refractivity contribution >= 4 is 84.8 Å². The Morgan fingerprint density at radius 2 is 1.78 bits per heavy atom. The number of carbonyl (C=O) groups is 2. The van der Waals surface area contributed by atoms with Gasteiger partial charge in [0, 0.05) is 25.8 Å². The SMILES string of the molecule is Cc1cccc(COc2ccc(C(O)=C3C(=O)C(=O)N(c4nnc(SCc5ccc(Cl)cc5Cl)s4)C3c3cccc(Br)c3)cc2)c1. The minimum atomic E-state index is -0.939. The first kappa shape index (κ1) is 32.3. The molecule has 1 aromatic heterocycles. The first-order valence-electron chi connectivity index (χ1n) is 13.9. The summed E-state index contributed by atoms with van der Waals surface area (Å²) in [5.41, 5.74) is 3.99. The van der Waals surface area contributed by atoms with Crippen LogP contribution in [-0.4, -0.2) is 27.0 Å². The van der Waals surface area contributed by atoms with Gasteiger partial charge in [0.15, 0.2) is 4.34 Å². The molecule has 0 bridgehead atoms.